The van der Waals surface area contributed by atoms with E-state index in [1.807, 2.05) is 6.92 Å². The molecule has 0 bridgehead atoms. The fourth-order valence-electron chi connectivity index (χ4n) is 4.55. The number of aromatic nitrogens is 2. The van der Waals surface area contributed by atoms with Crippen LogP contribution in [0, 0.1) is 6.92 Å². The molecule has 1 heterocycles. The van der Waals surface area contributed by atoms with Crippen molar-refractivity contribution in [2.75, 3.05) is 12.4 Å². The first kappa shape index (κ1) is 22.1. The fourth-order valence-corrected chi connectivity index (χ4v) is 5.36. The fraction of sp³-hybridized carbons (Fsp3) is 0.545. The van der Waals surface area contributed by atoms with E-state index in [2.05, 4.69) is 15.0 Å². The minimum Gasteiger partial charge on any atom is -0.324 e. The molecule has 2 aliphatic rings. The number of sulfonamides is 1. The second-order valence-corrected chi connectivity index (χ2v) is 10.5. The lowest BCUT2D eigenvalue weighted by molar-refractivity contribution is -0.0871. The van der Waals surface area contributed by atoms with Gasteiger partial charge in [-0.25, -0.2) is 31.9 Å². The molecule has 168 valence electrons. The molecule has 4 rings (SSSR count). The van der Waals surface area contributed by atoms with E-state index in [-0.39, 0.29) is 29.6 Å². The summed E-state index contributed by atoms with van der Waals surface area (Å²) in [5.41, 5.74) is 3.19. The van der Waals surface area contributed by atoms with Crippen LogP contribution in [0.1, 0.15) is 73.6 Å². The predicted molar refractivity (Wildman–Crippen MR) is 115 cm³/mol. The van der Waals surface area contributed by atoms with Crippen LogP contribution in [0.2, 0.25) is 0 Å². The van der Waals surface area contributed by atoms with Crippen molar-refractivity contribution in [3.8, 4) is 0 Å². The molecule has 0 radical (unpaired) electrons. The maximum atomic E-state index is 13.5. The number of rotatable bonds is 6. The molecule has 31 heavy (non-hydrogen) atoms. The molecule has 1 aromatic heterocycles. The summed E-state index contributed by atoms with van der Waals surface area (Å²) < 4.78 is 53.3. The Morgan fingerprint density at radius 2 is 1.81 bits per heavy atom. The normalized spacial score (nSPS) is 19.7. The van der Waals surface area contributed by atoms with E-state index in [4.69, 9.17) is 4.98 Å². The quantitative estimate of drug-likeness (QED) is 0.647. The number of hydrogen-bond donors (Lipinski definition) is 2. The Morgan fingerprint density at radius 1 is 1.10 bits per heavy atom. The van der Waals surface area contributed by atoms with Crippen molar-refractivity contribution >= 4 is 21.7 Å². The zero-order valence-corrected chi connectivity index (χ0v) is 18.6. The highest BCUT2D eigenvalue weighted by Crippen LogP contribution is 2.50. The summed E-state index contributed by atoms with van der Waals surface area (Å²) in [6.45, 7) is 1.81. The third-order valence-corrected chi connectivity index (χ3v) is 7.81. The summed E-state index contributed by atoms with van der Waals surface area (Å²) in [6, 6.07) is 4.79. The first-order valence-electron chi connectivity index (χ1n) is 10.7. The van der Waals surface area contributed by atoms with Crippen LogP contribution in [0.5, 0.6) is 0 Å². The first-order chi connectivity index (χ1) is 14.7. The molecule has 2 aromatic rings. The zero-order chi connectivity index (χ0) is 22.2. The molecule has 0 spiro atoms. The Bertz CT molecular complexity index is 1060. The van der Waals surface area contributed by atoms with Gasteiger partial charge in [0.1, 0.15) is 0 Å². The highest BCUT2D eigenvalue weighted by Gasteiger charge is 2.47. The number of nitrogens with one attached hydrogen (secondary N) is 2. The maximum absolute atomic E-state index is 13.5. The molecule has 2 saturated carbocycles. The van der Waals surface area contributed by atoms with Crippen LogP contribution in [0.3, 0.4) is 0 Å². The van der Waals surface area contributed by atoms with Crippen molar-refractivity contribution in [2.45, 2.75) is 74.5 Å². The van der Waals surface area contributed by atoms with Crippen molar-refractivity contribution in [3.63, 3.8) is 0 Å². The molecule has 2 aliphatic carbocycles. The van der Waals surface area contributed by atoms with Gasteiger partial charge < -0.3 is 5.32 Å². The molecule has 2 N–H and O–H groups in total. The molecule has 0 aliphatic heterocycles. The number of anilines is 2. The van der Waals surface area contributed by atoms with Crippen LogP contribution < -0.4 is 10.0 Å². The minimum atomic E-state index is -3.52. The van der Waals surface area contributed by atoms with E-state index in [1.54, 1.807) is 18.3 Å². The third kappa shape index (κ3) is 4.72. The van der Waals surface area contributed by atoms with Gasteiger partial charge in [0.05, 0.1) is 10.6 Å². The van der Waals surface area contributed by atoms with Gasteiger partial charge in [-0.05, 0) is 62.1 Å². The molecule has 0 amide bonds. The van der Waals surface area contributed by atoms with Crippen molar-refractivity contribution in [2.24, 2.45) is 0 Å². The van der Waals surface area contributed by atoms with Crippen LogP contribution in [0.25, 0.3) is 0 Å². The Hall–Kier alpha value is -2.13. The summed E-state index contributed by atoms with van der Waals surface area (Å²) in [6.07, 6.45) is 6.91. The second-order valence-electron chi connectivity index (χ2n) is 8.64. The summed E-state index contributed by atoms with van der Waals surface area (Å²) in [4.78, 5) is 9.37. The largest absolute Gasteiger partial charge is 0.324 e. The number of nitrogens with zero attached hydrogens (tertiary/aromatic N) is 2. The first-order valence-corrected chi connectivity index (χ1v) is 12.2. The average Bonchev–Trinajstić information content (AvgIpc) is 2.74. The van der Waals surface area contributed by atoms with Gasteiger partial charge in [0, 0.05) is 30.6 Å². The van der Waals surface area contributed by atoms with Crippen LogP contribution in [-0.4, -0.2) is 31.4 Å². The average molecular weight is 451 g/mol. The predicted octanol–water partition coefficient (Wildman–Crippen LogP) is 5.00. The number of benzene rings is 1. The zero-order valence-electron chi connectivity index (χ0n) is 17.8. The van der Waals surface area contributed by atoms with E-state index in [1.165, 1.54) is 19.5 Å². The number of aryl methyl sites for hydroxylation is 1. The van der Waals surface area contributed by atoms with E-state index >= 15 is 0 Å². The van der Waals surface area contributed by atoms with Gasteiger partial charge in [-0.3, -0.25) is 0 Å². The molecular formula is C22H28F2N4O2S. The Balaban J connectivity index is 1.62. The van der Waals surface area contributed by atoms with Crippen LogP contribution in [0.4, 0.5) is 20.4 Å². The lowest BCUT2D eigenvalue weighted by atomic mass is 9.74. The lowest BCUT2D eigenvalue weighted by Crippen LogP contribution is -2.34. The topological polar surface area (TPSA) is 84.0 Å². The third-order valence-electron chi connectivity index (χ3n) is 6.39. The Kier molecular flexibility index (Phi) is 6.00. The molecule has 6 nitrogen and oxygen atoms in total. The Labute approximate surface area is 181 Å². The molecule has 0 unspecified atom stereocenters. The monoisotopic (exact) mass is 450 g/mol. The van der Waals surface area contributed by atoms with Crippen molar-refractivity contribution in [1.82, 2.24) is 14.7 Å². The maximum Gasteiger partial charge on any atom is 0.249 e. The standard InChI is InChI=1S/C22H28F2N4O2S/c1-14-10-17(31(29,30)25-2)8-9-19(14)27-21-26-13-18(16-11-22(23,24)12-16)20(28-21)15-6-4-3-5-7-15/h8-10,13,15-16,25H,3-7,11-12H2,1-2H3,(H,26,27,28). The smallest absolute Gasteiger partial charge is 0.249 e. The van der Waals surface area contributed by atoms with Crippen LogP contribution >= 0.6 is 0 Å². The second kappa shape index (κ2) is 8.43. The van der Waals surface area contributed by atoms with Gasteiger partial charge in [0.25, 0.3) is 0 Å². The van der Waals surface area contributed by atoms with Crippen LogP contribution in [0.15, 0.2) is 29.3 Å². The summed E-state index contributed by atoms with van der Waals surface area (Å²) >= 11 is 0. The van der Waals surface area contributed by atoms with Crippen LogP contribution in [-0.2, 0) is 10.0 Å². The van der Waals surface area contributed by atoms with Gasteiger partial charge in [-0.2, -0.15) is 0 Å². The number of alkyl halides is 2. The summed E-state index contributed by atoms with van der Waals surface area (Å²) in [5.74, 6) is -2.10. The van der Waals surface area contributed by atoms with E-state index < -0.39 is 15.9 Å². The molecule has 0 atom stereocenters. The molecule has 9 heteroatoms. The highest BCUT2D eigenvalue weighted by molar-refractivity contribution is 7.89. The molecule has 1 aromatic carbocycles. The van der Waals surface area contributed by atoms with Gasteiger partial charge in [-0.1, -0.05) is 19.3 Å². The van der Waals surface area contributed by atoms with Crippen molar-refractivity contribution < 1.29 is 17.2 Å². The summed E-state index contributed by atoms with van der Waals surface area (Å²) in [5, 5.41) is 3.18. The van der Waals surface area contributed by atoms with Gasteiger partial charge in [0.2, 0.25) is 21.9 Å². The van der Waals surface area contributed by atoms with E-state index in [9.17, 15) is 17.2 Å². The number of hydrogen-bond acceptors (Lipinski definition) is 5. The van der Waals surface area contributed by atoms with Crippen molar-refractivity contribution in [1.29, 1.82) is 0 Å². The lowest BCUT2D eigenvalue weighted by Gasteiger charge is -2.37. The summed E-state index contributed by atoms with van der Waals surface area (Å²) in [7, 11) is -2.15. The van der Waals surface area contributed by atoms with Gasteiger partial charge in [0.15, 0.2) is 0 Å². The van der Waals surface area contributed by atoms with E-state index in [0.717, 1.165) is 42.5 Å². The van der Waals surface area contributed by atoms with Crippen molar-refractivity contribution in [3.05, 3.63) is 41.2 Å². The van der Waals surface area contributed by atoms with Gasteiger partial charge in [-0.15, -0.1) is 0 Å². The van der Waals surface area contributed by atoms with E-state index in [0.29, 0.717) is 11.6 Å². The number of halogens is 2. The minimum absolute atomic E-state index is 0.136. The highest BCUT2D eigenvalue weighted by atomic mass is 32.2. The SMILES string of the molecule is CNS(=O)(=O)c1ccc(Nc2ncc(C3CC(F)(F)C3)c(C3CCCCC3)n2)c(C)c1. The van der Waals surface area contributed by atoms with Gasteiger partial charge >= 0.3 is 0 Å². The Morgan fingerprint density at radius 3 is 2.42 bits per heavy atom. The molecule has 2 fully saturated rings. The molecular weight excluding hydrogens is 422 g/mol. The molecule has 0 saturated heterocycles.